The molecule has 0 aromatic carbocycles. The van der Waals surface area contributed by atoms with Crippen molar-refractivity contribution in [1.82, 2.24) is 5.32 Å². The van der Waals surface area contributed by atoms with Crippen LogP contribution in [-0.2, 0) is 9.47 Å². The molecule has 0 radical (unpaired) electrons. The highest BCUT2D eigenvalue weighted by atomic mass is 16.5. The summed E-state index contributed by atoms with van der Waals surface area (Å²) in [6.45, 7) is 7.92. The van der Waals surface area contributed by atoms with Gasteiger partial charge in [0.2, 0.25) is 0 Å². The van der Waals surface area contributed by atoms with Gasteiger partial charge in [0.1, 0.15) is 0 Å². The molecule has 0 saturated carbocycles. The van der Waals surface area contributed by atoms with E-state index in [1.807, 2.05) is 20.8 Å². The summed E-state index contributed by atoms with van der Waals surface area (Å²) in [5.74, 6) is 0. The number of aliphatic hydroxyl groups excluding tert-OH is 2. The lowest BCUT2D eigenvalue weighted by Crippen LogP contribution is -2.36. The molecule has 0 aliphatic heterocycles. The van der Waals surface area contributed by atoms with Gasteiger partial charge in [-0.25, -0.2) is 0 Å². The SMILES string of the molecule is CC(CCO)NCC(O)COCCOC(C)C. The average Bonchev–Trinajstić information content (AvgIpc) is 2.26. The van der Waals surface area contributed by atoms with Crippen molar-refractivity contribution in [1.29, 1.82) is 0 Å². The molecular formula is C12H27NO4. The van der Waals surface area contributed by atoms with E-state index < -0.39 is 6.10 Å². The van der Waals surface area contributed by atoms with Crippen molar-refractivity contribution in [3.63, 3.8) is 0 Å². The van der Waals surface area contributed by atoms with Crippen molar-refractivity contribution in [2.75, 3.05) is 33.0 Å². The van der Waals surface area contributed by atoms with E-state index in [4.69, 9.17) is 14.6 Å². The molecule has 2 atom stereocenters. The Labute approximate surface area is 104 Å². The Morgan fingerprint density at radius 3 is 2.47 bits per heavy atom. The molecule has 0 aliphatic carbocycles. The van der Waals surface area contributed by atoms with E-state index in [9.17, 15) is 5.11 Å². The second-order valence-electron chi connectivity index (χ2n) is 4.47. The Balaban J connectivity index is 3.31. The molecule has 0 fully saturated rings. The number of hydrogen-bond acceptors (Lipinski definition) is 5. The lowest BCUT2D eigenvalue weighted by atomic mass is 10.2. The Kier molecular flexibility index (Phi) is 10.8. The topological polar surface area (TPSA) is 71.0 Å². The van der Waals surface area contributed by atoms with Gasteiger partial charge in [0, 0.05) is 19.2 Å². The number of nitrogens with one attached hydrogen (secondary N) is 1. The van der Waals surface area contributed by atoms with E-state index in [1.54, 1.807) is 0 Å². The van der Waals surface area contributed by atoms with Crippen LogP contribution in [0.1, 0.15) is 27.2 Å². The minimum absolute atomic E-state index is 0.160. The monoisotopic (exact) mass is 249 g/mol. The third-order valence-electron chi connectivity index (χ3n) is 2.25. The van der Waals surface area contributed by atoms with Crippen molar-refractivity contribution in [3.05, 3.63) is 0 Å². The van der Waals surface area contributed by atoms with Crippen LogP contribution in [0.5, 0.6) is 0 Å². The van der Waals surface area contributed by atoms with Crippen LogP contribution >= 0.6 is 0 Å². The van der Waals surface area contributed by atoms with Gasteiger partial charge in [-0.1, -0.05) is 0 Å². The van der Waals surface area contributed by atoms with Crippen molar-refractivity contribution in [2.45, 2.75) is 45.4 Å². The minimum atomic E-state index is -0.518. The summed E-state index contributed by atoms with van der Waals surface area (Å²) in [5.41, 5.74) is 0. The zero-order chi connectivity index (χ0) is 13.1. The lowest BCUT2D eigenvalue weighted by molar-refractivity contribution is -0.0105. The first-order valence-electron chi connectivity index (χ1n) is 6.28. The van der Waals surface area contributed by atoms with Gasteiger partial charge in [0.25, 0.3) is 0 Å². The summed E-state index contributed by atoms with van der Waals surface area (Å²) in [7, 11) is 0. The molecule has 0 aliphatic rings. The summed E-state index contributed by atoms with van der Waals surface area (Å²) in [4.78, 5) is 0. The van der Waals surface area contributed by atoms with Crippen molar-refractivity contribution in [2.24, 2.45) is 0 Å². The zero-order valence-electron chi connectivity index (χ0n) is 11.2. The Morgan fingerprint density at radius 2 is 1.88 bits per heavy atom. The fourth-order valence-electron chi connectivity index (χ4n) is 1.25. The number of hydrogen-bond donors (Lipinski definition) is 3. The summed E-state index contributed by atoms with van der Waals surface area (Å²) in [6, 6.07) is 0.207. The van der Waals surface area contributed by atoms with Gasteiger partial charge in [-0.3, -0.25) is 0 Å². The number of aliphatic hydroxyl groups is 2. The van der Waals surface area contributed by atoms with Crippen LogP contribution in [0.3, 0.4) is 0 Å². The van der Waals surface area contributed by atoms with E-state index in [2.05, 4.69) is 5.32 Å². The van der Waals surface area contributed by atoms with Gasteiger partial charge < -0.3 is 25.0 Å². The fraction of sp³-hybridized carbons (Fsp3) is 1.00. The molecule has 0 saturated heterocycles. The normalized spacial score (nSPS) is 15.2. The van der Waals surface area contributed by atoms with Gasteiger partial charge in [-0.15, -0.1) is 0 Å². The molecule has 0 bridgehead atoms. The first-order valence-corrected chi connectivity index (χ1v) is 6.28. The molecule has 0 spiro atoms. The van der Waals surface area contributed by atoms with Crippen LogP contribution in [0.2, 0.25) is 0 Å². The molecule has 0 aromatic rings. The Bertz CT molecular complexity index is 167. The van der Waals surface area contributed by atoms with Gasteiger partial charge in [0.15, 0.2) is 0 Å². The summed E-state index contributed by atoms with van der Waals surface area (Å²) < 4.78 is 10.6. The van der Waals surface area contributed by atoms with Gasteiger partial charge >= 0.3 is 0 Å². The second-order valence-corrected chi connectivity index (χ2v) is 4.47. The third kappa shape index (κ3) is 12.1. The molecular weight excluding hydrogens is 222 g/mol. The molecule has 5 nitrogen and oxygen atoms in total. The fourth-order valence-corrected chi connectivity index (χ4v) is 1.25. The summed E-state index contributed by atoms with van der Waals surface area (Å²) >= 11 is 0. The second kappa shape index (κ2) is 10.9. The number of rotatable bonds is 11. The standard InChI is InChI=1S/C12H27NO4/c1-10(2)17-7-6-16-9-12(15)8-13-11(3)4-5-14/h10-15H,4-9H2,1-3H3. The van der Waals surface area contributed by atoms with Crippen LogP contribution in [0.15, 0.2) is 0 Å². The van der Waals surface area contributed by atoms with Crippen LogP contribution < -0.4 is 5.32 Å². The molecule has 0 heterocycles. The van der Waals surface area contributed by atoms with E-state index in [0.29, 0.717) is 32.8 Å². The van der Waals surface area contributed by atoms with Gasteiger partial charge in [0.05, 0.1) is 32.0 Å². The van der Waals surface area contributed by atoms with Gasteiger partial charge in [-0.05, 0) is 27.2 Å². The smallest absolute Gasteiger partial charge is 0.0897 e. The third-order valence-corrected chi connectivity index (χ3v) is 2.25. The molecule has 0 rings (SSSR count). The average molecular weight is 249 g/mol. The quantitative estimate of drug-likeness (QED) is 0.455. The molecule has 104 valence electrons. The molecule has 17 heavy (non-hydrogen) atoms. The zero-order valence-corrected chi connectivity index (χ0v) is 11.2. The summed E-state index contributed by atoms with van der Waals surface area (Å²) in [6.07, 6.45) is 0.384. The molecule has 0 aromatic heterocycles. The maximum Gasteiger partial charge on any atom is 0.0897 e. The molecule has 0 amide bonds. The largest absolute Gasteiger partial charge is 0.396 e. The van der Waals surface area contributed by atoms with Crippen LogP contribution in [0, 0.1) is 0 Å². The van der Waals surface area contributed by atoms with E-state index >= 15 is 0 Å². The van der Waals surface area contributed by atoms with Crippen molar-refractivity contribution in [3.8, 4) is 0 Å². The minimum Gasteiger partial charge on any atom is -0.396 e. The first kappa shape index (κ1) is 16.8. The van der Waals surface area contributed by atoms with Crippen molar-refractivity contribution < 1.29 is 19.7 Å². The van der Waals surface area contributed by atoms with Crippen LogP contribution in [0.25, 0.3) is 0 Å². The van der Waals surface area contributed by atoms with Crippen molar-refractivity contribution >= 4 is 0 Å². The summed E-state index contributed by atoms with van der Waals surface area (Å²) in [5, 5.41) is 21.4. The first-order chi connectivity index (χ1) is 8.06. The predicted molar refractivity (Wildman–Crippen MR) is 67.1 cm³/mol. The maximum absolute atomic E-state index is 9.58. The predicted octanol–water partition coefficient (Wildman–Crippen LogP) is 0.149. The van der Waals surface area contributed by atoms with E-state index in [-0.39, 0.29) is 18.8 Å². The molecule has 5 heteroatoms. The van der Waals surface area contributed by atoms with Crippen LogP contribution in [-0.4, -0.2) is 61.4 Å². The van der Waals surface area contributed by atoms with Crippen LogP contribution in [0.4, 0.5) is 0 Å². The Morgan fingerprint density at radius 1 is 1.18 bits per heavy atom. The van der Waals surface area contributed by atoms with E-state index in [1.165, 1.54) is 0 Å². The van der Waals surface area contributed by atoms with E-state index in [0.717, 1.165) is 0 Å². The highest BCUT2D eigenvalue weighted by Crippen LogP contribution is 1.92. The molecule has 2 unspecified atom stereocenters. The number of ether oxygens (including phenoxy) is 2. The molecule has 3 N–H and O–H groups in total. The highest BCUT2D eigenvalue weighted by Gasteiger charge is 2.06. The highest BCUT2D eigenvalue weighted by molar-refractivity contribution is 4.64. The van der Waals surface area contributed by atoms with Gasteiger partial charge in [-0.2, -0.15) is 0 Å². The lowest BCUT2D eigenvalue weighted by Gasteiger charge is -2.16. The Hall–Kier alpha value is -0.200. The maximum atomic E-state index is 9.58.